The van der Waals surface area contributed by atoms with Gasteiger partial charge in [0.15, 0.2) is 0 Å². The summed E-state index contributed by atoms with van der Waals surface area (Å²) in [7, 11) is 0. The average molecular weight is 150 g/mol. The highest BCUT2D eigenvalue weighted by atomic mass is 16.3. The van der Waals surface area contributed by atoms with Crippen LogP contribution >= 0.6 is 0 Å². The third kappa shape index (κ3) is 1.81. The van der Waals surface area contributed by atoms with E-state index in [2.05, 4.69) is 6.07 Å². The molecule has 1 atom stereocenters. The summed E-state index contributed by atoms with van der Waals surface area (Å²) in [4.78, 5) is 0. The predicted molar refractivity (Wildman–Crippen MR) is 46.5 cm³/mol. The lowest BCUT2D eigenvalue weighted by atomic mass is 10.0. The van der Waals surface area contributed by atoms with Gasteiger partial charge in [-0.15, -0.1) is 0 Å². The Hall–Kier alpha value is -0.820. The van der Waals surface area contributed by atoms with E-state index in [9.17, 15) is 5.11 Å². The van der Waals surface area contributed by atoms with E-state index in [1.165, 1.54) is 5.56 Å². The molecule has 11 heavy (non-hydrogen) atoms. The first-order valence-electron chi connectivity index (χ1n) is 3.86. The topological polar surface area (TPSA) is 20.2 Å². The van der Waals surface area contributed by atoms with Crippen LogP contribution in [-0.2, 0) is 0 Å². The molecule has 1 N–H and O–H groups in total. The number of aliphatic hydroxyl groups is 1. The molecule has 1 heteroatoms. The Labute approximate surface area is 67.7 Å². The molecule has 0 radical (unpaired) electrons. The second-order valence-electron chi connectivity index (χ2n) is 3.04. The maximum Gasteiger partial charge on any atom is 0.0764 e. The molecule has 60 valence electrons. The number of aryl methyl sites for hydroxylation is 2. The van der Waals surface area contributed by atoms with Gasteiger partial charge in [0.05, 0.1) is 6.10 Å². The molecule has 0 aliphatic rings. The van der Waals surface area contributed by atoms with Crippen LogP contribution in [0.4, 0.5) is 0 Å². The highest BCUT2D eigenvalue weighted by Gasteiger charge is 2.03. The van der Waals surface area contributed by atoms with Crippen LogP contribution in [0.25, 0.3) is 0 Å². The molecule has 1 rings (SSSR count). The summed E-state index contributed by atoms with van der Waals surface area (Å²) in [5.41, 5.74) is 3.39. The van der Waals surface area contributed by atoms with Gasteiger partial charge in [-0.3, -0.25) is 0 Å². The van der Waals surface area contributed by atoms with E-state index in [0.29, 0.717) is 0 Å². The zero-order valence-electron chi connectivity index (χ0n) is 7.26. The van der Waals surface area contributed by atoms with Crippen LogP contribution in [0.15, 0.2) is 18.2 Å². The second-order valence-corrected chi connectivity index (χ2v) is 3.04. The normalized spacial score (nSPS) is 13.1. The fourth-order valence-corrected chi connectivity index (χ4v) is 1.21. The van der Waals surface area contributed by atoms with Gasteiger partial charge in [0.2, 0.25) is 0 Å². The van der Waals surface area contributed by atoms with Crippen molar-refractivity contribution < 1.29 is 5.11 Å². The van der Waals surface area contributed by atoms with E-state index < -0.39 is 0 Å². The minimum absolute atomic E-state index is 0.352. The molecule has 0 aliphatic heterocycles. The second kappa shape index (κ2) is 3.05. The molecule has 1 aromatic rings. The van der Waals surface area contributed by atoms with Gasteiger partial charge in [-0.25, -0.2) is 0 Å². The zero-order chi connectivity index (χ0) is 8.43. The van der Waals surface area contributed by atoms with Crippen molar-refractivity contribution in [1.82, 2.24) is 0 Å². The lowest BCUT2D eigenvalue weighted by molar-refractivity contribution is 0.198. The largest absolute Gasteiger partial charge is 0.389 e. The number of hydrogen-bond donors (Lipinski definition) is 1. The number of aliphatic hydroxyl groups excluding tert-OH is 1. The summed E-state index contributed by atoms with van der Waals surface area (Å²) < 4.78 is 0. The molecular formula is C10H14O. The van der Waals surface area contributed by atoms with Gasteiger partial charge in [-0.1, -0.05) is 23.8 Å². The smallest absolute Gasteiger partial charge is 0.0764 e. The Bertz CT molecular complexity index is 251. The Balaban J connectivity index is 3.13. The van der Waals surface area contributed by atoms with Crippen LogP contribution in [-0.4, -0.2) is 5.11 Å². The van der Waals surface area contributed by atoms with Gasteiger partial charge in [0, 0.05) is 0 Å². The molecule has 0 saturated heterocycles. The van der Waals surface area contributed by atoms with Crippen LogP contribution in [0.3, 0.4) is 0 Å². The minimum atomic E-state index is -0.352. The molecule has 1 nitrogen and oxygen atoms in total. The lowest BCUT2D eigenvalue weighted by Gasteiger charge is -2.08. The first-order chi connectivity index (χ1) is 5.11. The molecule has 0 fully saturated rings. The van der Waals surface area contributed by atoms with Crippen LogP contribution in [0.1, 0.15) is 29.7 Å². The Morgan fingerprint density at radius 2 is 1.91 bits per heavy atom. The Morgan fingerprint density at radius 3 is 2.36 bits per heavy atom. The maximum absolute atomic E-state index is 9.33. The van der Waals surface area contributed by atoms with Gasteiger partial charge in [0.1, 0.15) is 0 Å². The molecule has 0 aromatic heterocycles. The van der Waals surface area contributed by atoms with Gasteiger partial charge in [-0.05, 0) is 31.9 Å². The quantitative estimate of drug-likeness (QED) is 0.651. The van der Waals surface area contributed by atoms with E-state index in [1.807, 2.05) is 26.0 Å². The molecule has 1 aromatic carbocycles. The monoisotopic (exact) mass is 150 g/mol. The van der Waals surface area contributed by atoms with Crippen LogP contribution < -0.4 is 0 Å². The number of hydrogen-bond acceptors (Lipinski definition) is 1. The summed E-state index contributed by atoms with van der Waals surface area (Å²) in [5, 5.41) is 9.33. The van der Waals surface area contributed by atoms with Gasteiger partial charge in [-0.2, -0.15) is 0 Å². The molecular weight excluding hydrogens is 136 g/mol. The van der Waals surface area contributed by atoms with Crippen molar-refractivity contribution in [2.75, 3.05) is 0 Å². The first-order valence-corrected chi connectivity index (χ1v) is 3.86. The first kappa shape index (κ1) is 8.28. The molecule has 0 aliphatic carbocycles. The molecule has 0 amide bonds. The van der Waals surface area contributed by atoms with E-state index in [1.54, 1.807) is 6.92 Å². The highest BCUT2D eigenvalue weighted by molar-refractivity contribution is 5.31. The summed E-state index contributed by atoms with van der Waals surface area (Å²) >= 11 is 0. The van der Waals surface area contributed by atoms with Crippen LogP contribution in [0.5, 0.6) is 0 Å². The van der Waals surface area contributed by atoms with E-state index in [4.69, 9.17) is 0 Å². The fraction of sp³-hybridized carbons (Fsp3) is 0.400. The highest BCUT2D eigenvalue weighted by Crippen LogP contribution is 2.17. The van der Waals surface area contributed by atoms with Crippen molar-refractivity contribution in [2.45, 2.75) is 26.9 Å². The van der Waals surface area contributed by atoms with Gasteiger partial charge in [0.25, 0.3) is 0 Å². The van der Waals surface area contributed by atoms with E-state index in [-0.39, 0.29) is 6.10 Å². The van der Waals surface area contributed by atoms with Gasteiger partial charge < -0.3 is 5.11 Å². The van der Waals surface area contributed by atoms with Crippen LogP contribution in [0, 0.1) is 13.8 Å². The standard InChI is InChI=1S/C10H14O/c1-7-4-5-8(2)10(6-7)9(3)11/h4-6,9,11H,1-3H3/t9-/m0/s1. The molecule has 0 spiro atoms. The van der Waals surface area contributed by atoms with Crippen molar-refractivity contribution in [3.63, 3.8) is 0 Å². The molecule has 0 saturated carbocycles. The fourth-order valence-electron chi connectivity index (χ4n) is 1.21. The number of benzene rings is 1. The Morgan fingerprint density at radius 1 is 1.27 bits per heavy atom. The maximum atomic E-state index is 9.33. The average Bonchev–Trinajstić information content (AvgIpc) is 1.94. The van der Waals surface area contributed by atoms with E-state index in [0.717, 1.165) is 11.1 Å². The summed E-state index contributed by atoms with van der Waals surface area (Å²) in [6, 6.07) is 6.12. The predicted octanol–water partition coefficient (Wildman–Crippen LogP) is 2.36. The van der Waals surface area contributed by atoms with Crippen molar-refractivity contribution in [2.24, 2.45) is 0 Å². The summed E-state index contributed by atoms with van der Waals surface area (Å²) in [6.07, 6.45) is -0.352. The Kier molecular flexibility index (Phi) is 2.30. The van der Waals surface area contributed by atoms with Crippen LogP contribution in [0.2, 0.25) is 0 Å². The summed E-state index contributed by atoms with van der Waals surface area (Å²) in [6.45, 7) is 5.84. The SMILES string of the molecule is Cc1ccc(C)c([C@H](C)O)c1. The molecule has 0 bridgehead atoms. The zero-order valence-corrected chi connectivity index (χ0v) is 7.26. The van der Waals surface area contributed by atoms with Gasteiger partial charge >= 0.3 is 0 Å². The van der Waals surface area contributed by atoms with E-state index >= 15 is 0 Å². The van der Waals surface area contributed by atoms with Crippen molar-refractivity contribution in [3.8, 4) is 0 Å². The van der Waals surface area contributed by atoms with Crippen molar-refractivity contribution >= 4 is 0 Å². The lowest BCUT2D eigenvalue weighted by Crippen LogP contribution is -1.94. The molecule has 0 heterocycles. The van der Waals surface area contributed by atoms with Crippen molar-refractivity contribution in [1.29, 1.82) is 0 Å². The van der Waals surface area contributed by atoms with Crippen molar-refractivity contribution in [3.05, 3.63) is 34.9 Å². The summed E-state index contributed by atoms with van der Waals surface area (Å²) in [5.74, 6) is 0. The minimum Gasteiger partial charge on any atom is -0.389 e. The third-order valence-electron chi connectivity index (χ3n) is 1.88. The third-order valence-corrected chi connectivity index (χ3v) is 1.88. The molecule has 0 unspecified atom stereocenters. The number of rotatable bonds is 1.